The summed E-state index contributed by atoms with van der Waals surface area (Å²) in [4.78, 5) is 13.8. The van der Waals surface area contributed by atoms with Gasteiger partial charge in [-0.25, -0.2) is 4.99 Å². The molecule has 0 atom stereocenters. The minimum Gasteiger partial charge on any atom is -0.288 e. The van der Waals surface area contributed by atoms with Crippen molar-refractivity contribution < 1.29 is 18.0 Å². The maximum atomic E-state index is 11.9. The van der Waals surface area contributed by atoms with Crippen molar-refractivity contribution in [2.75, 3.05) is 0 Å². The first-order valence-electron chi connectivity index (χ1n) is 3.44. The Morgan fingerprint density at radius 2 is 2.21 bits per heavy atom. The molecule has 0 saturated carbocycles. The lowest BCUT2D eigenvalue weighted by atomic mass is 10.4. The van der Waals surface area contributed by atoms with Gasteiger partial charge in [0.1, 0.15) is 5.71 Å². The molecule has 1 N–H and O–H groups in total. The van der Waals surface area contributed by atoms with E-state index in [1.165, 1.54) is 0 Å². The molecule has 0 aromatic carbocycles. The van der Waals surface area contributed by atoms with E-state index in [4.69, 9.17) is 0 Å². The molecule has 1 rings (SSSR count). The van der Waals surface area contributed by atoms with Gasteiger partial charge in [0.05, 0.1) is 6.21 Å². The lowest BCUT2D eigenvalue weighted by molar-refractivity contribution is -0.112. The third-order valence-electron chi connectivity index (χ3n) is 1.24. The van der Waals surface area contributed by atoms with E-state index in [2.05, 4.69) is 20.5 Å². The second-order valence-corrected chi connectivity index (χ2v) is 2.35. The van der Waals surface area contributed by atoms with Crippen molar-refractivity contribution in [2.45, 2.75) is 13.1 Å². The Balaban J connectivity index is 2.72. The number of rotatable bonds is 1. The van der Waals surface area contributed by atoms with Gasteiger partial charge in [-0.3, -0.25) is 10.1 Å². The van der Waals surface area contributed by atoms with Crippen LogP contribution in [0.15, 0.2) is 15.2 Å². The quantitative estimate of drug-likeness (QED) is 0.492. The molecule has 0 aromatic rings. The highest BCUT2D eigenvalue weighted by Crippen LogP contribution is 2.16. The Bertz CT molecular complexity index is 341. The number of nitrogens with zero attached hydrogens (tertiary/aromatic N) is 3. The number of halogens is 3. The first-order valence-corrected chi connectivity index (χ1v) is 3.44. The van der Waals surface area contributed by atoms with Gasteiger partial charge in [0.25, 0.3) is 5.91 Å². The molecule has 0 spiro atoms. The molecule has 14 heavy (non-hydrogen) atoms. The number of hydrogen-bond acceptors (Lipinski definition) is 3. The Kier molecular flexibility index (Phi) is 2.63. The second-order valence-electron chi connectivity index (χ2n) is 2.35. The topological polar surface area (TPSA) is 66.2 Å². The first-order chi connectivity index (χ1) is 6.39. The molecule has 1 amide bonds. The van der Waals surface area contributed by atoms with Crippen molar-refractivity contribution in [3.05, 3.63) is 0 Å². The molecule has 76 valence electrons. The lowest BCUT2D eigenvalue weighted by Gasteiger charge is -2.01. The van der Waals surface area contributed by atoms with Gasteiger partial charge in [0.15, 0.2) is 0 Å². The van der Waals surface area contributed by atoms with Gasteiger partial charge >= 0.3 is 6.18 Å². The van der Waals surface area contributed by atoms with Crippen LogP contribution in [0.25, 0.3) is 0 Å². The molecule has 1 heterocycles. The van der Waals surface area contributed by atoms with Gasteiger partial charge in [0.2, 0.25) is 5.96 Å². The Morgan fingerprint density at radius 1 is 1.57 bits per heavy atom. The Morgan fingerprint density at radius 3 is 2.64 bits per heavy atom. The van der Waals surface area contributed by atoms with Crippen LogP contribution in [0.2, 0.25) is 0 Å². The number of carbonyl (C=O) groups excluding carboxylic acids is 1. The fourth-order valence-corrected chi connectivity index (χ4v) is 0.524. The zero-order chi connectivity index (χ0) is 10.8. The summed E-state index contributed by atoms with van der Waals surface area (Å²) in [6.45, 7) is 0.768. The predicted molar refractivity (Wildman–Crippen MR) is 43.2 cm³/mol. The van der Waals surface area contributed by atoms with Gasteiger partial charge in [0, 0.05) is 0 Å². The number of hydrogen-bond donors (Lipinski definition) is 1. The van der Waals surface area contributed by atoms with E-state index >= 15 is 0 Å². The highest BCUT2D eigenvalue weighted by atomic mass is 19.4. The van der Waals surface area contributed by atoms with Crippen molar-refractivity contribution in [1.82, 2.24) is 5.32 Å². The van der Waals surface area contributed by atoms with Crippen molar-refractivity contribution in [3.8, 4) is 0 Å². The van der Waals surface area contributed by atoms with E-state index in [1.54, 1.807) is 0 Å². The zero-order valence-corrected chi connectivity index (χ0v) is 6.96. The normalized spacial score (nSPS) is 20.4. The largest absolute Gasteiger partial charge is 0.431 e. The minimum atomic E-state index is -4.52. The number of aliphatic imine (C=N–C) groups is 1. The minimum absolute atomic E-state index is 0.251. The molecule has 5 nitrogen and oxygen atoms in total. The maximum absolute atomic E-state index is 11.9. The van der Waals surface area contributed by atoms with E-state index in [0.29, 0.717) is 0 Å². The van der Waals surface area contributed by atoms with Crippen molar-refractivity contribution >= 4 is 23.8 Å². The molecular weight excluding hydrogens is 201 g/mol. The van der Waals surface area contributed by atoms with Gasteiger partial charge < -0.3 is 0 Å². The van der Waals surface area contributed by atoms with Crippen LogP contribution < -0.4 is 5.32 Å². The molecule has 0 bridgehead atoms. The van der Waals surface area contributed by atoms with E-state index < -0.39 is 17.8 Å². The average Bonchev–Trinajstić information content (AvgIpc) is 2.45. The van der Waals surface area contributed by atoms with Crippen LogP contribution in [0, 0.1) is 0 Å². The third kappa shape index (κ3) is 2.64. The van der Waals surface area contributed by atoms with E-state index in [0.717, 1.165) is 13.1 Å². The molecule has 0 aromatic heterocycles. The molecule has 0 unspecified atom stereocenters. The smallest absolute Gasteiger partial charge is 0.288 e. The fraction of sp³-hybridized carbons (Fsp3) is 0.333. The number of amides is 1. The zero-order valence-electron chi connectivity index (χ0n) is 6.96. The monoisotopic (exact) mass is 206 g/mol. The van der Waals surface area contributed by atoms with Crippen molar-refractivity contribution in [1.29, 1.82) is 0 Å². The average molecular weight is 206 g/mol. The standard InChI is InChI=1S/C6H5F3N4O/c1-3(6(7,8)9)12-13-5-10-2-4(14)11-5/h2H,1H3,(H,11,13,14). The molecule has 0 fully saturated rings. The van der Waals surface area contributed by atoms with E-state index in [9.17, 15) is 18.0 Å². The maximum Gasteiger partial charge on any atom is 0.431 e. The molecule has 1 aliphatic heterocycles. The summed E-state index contributed by atoms with van der Waals surface area (Å²) in [5.74, 6) is -0.790. The predicted octanol–water partition coefficient (Wildman–Crippen LogP) is 0.481. The van der Waals surface area contributed by atoms with Crippen molar-refractivity contribution in [2.24, 2.45) is 15.2 Å². The Labute approximate surface area is 76.4 Å². The van der Waals surface area contributed by atoms with Gasteiger partial charge in [-0.05, 0) is 6.92 Å². The fourth-order valence-electron chi connectivity index (χ4n) is 0.524. The van der Waals surface area contributed by atoms with Crippen LogP contribution in [0.1, 0.15) is 6.92 Å². The van der Waals surface area contributed by atoms with E-state index in [1.807, 2.05) is 0 Å². The molecular formula is C6H5F3N4O. The van der Waals surface area contributed by atoms with Crippen LogP contribution in [0.4, 0.5) is 13.2 Å². The van der Waals surface area contributed by atoms with Crippen molar-refractivity contribution in [3.63, 3.8) is 0 Å². The molecule has 1 aliphatic rings. The van der Waals surface area contributed by atoms with Gasteiger partial charge in [-0.2, -0.15) is 13.2 Å². The van der Waals surface area contributed by atoms with E-state index in [-0.39, 0.29) is 5.96 Å². The molecule has 0 radical (unpaired) electrons. The van der Waals surface area contributed by atoms with Crippen LogP contribution in [0.5, 0.6) is 0 Å². The van der Waals surface area contributed by atoms with Crippen LogP contribution in [-0.4, -0.2) is 30.0 Å². The number of alkyl halides is 3. The summed E-state index contributed by atoms with van der Waals surface area (Å²) in [5.41, 5.74) is -1.11. The summed E-state index contributed by atoms with van der Waals surface area (Å²) in [5, 5.41) is 8.03. The van der Waals surface area contributed by atoms with Gasteiger partial charge in [-0.1, -0.05) is 0 Å². The summed E-state index contributed by atoms with van der Waals surface area (Å²) in [7, 11) is 0. The third-order valence-corrected chi connectivity index (χ3v) is 1.24. The van der Waals surface area contributed by atoms with Crippen LogP contribution >= 0.6 is 0 Å². The molecule has 0 aliphatic carbocycles. The highest BCUT2D eigenvalue weighted by Gasteiger charge is 2.32. The number of carbonyl (C=O) groups is 1. The summed E-state index contributed by atoms with van der Waals surface area (Å²) in [6.07, 6.45) is -3.62. The molecule has 8 heteroatoms. The summed E-state index contributed by atoms with van der Waals surface area (Å²) >= 11 is 0. The number of guanidine groups is 1. The first kappa shape index (κ1) is 10.4. The highest BCUT2D eigenvalue weighted by molar-refractivity contribution is 6.36. The molecule has 0 saturated heterocycles. The number of nitrogens with one attached hydrogen (secondary N) is 1. The summed E-state index contributed by atoms with van der Waals surface area (Å²) in [6, 6.07) is 0. The lowest BCUT2D eigenvalue weighted by Crippen LogP contribution is -2.23. The Hall–Kier alpha value is -1.73. The van der Waals surface area contributed by atoms with Crippen LogP contribution in [0.3, 0.4) is 0 Å². The van der Waals surface area contributed by atoms with Crippen LogP contribution in [-0.2, 0) is 4.79 Å². The summed E-state index contributed by atoms with van der Waals surface area (Å²) < 4.78 is 35.6. The SMILES string of the molecule is CC(=NN=C1N=CC(=O)N1)C(F)(F)F. The second kappa shape index (κ2) is 3.56. The van der Waals surface area contributed by atoms with Gasteiger partial charge in [-0.15, -0.1) is 10.2 Å².